The second kappa shape index (κ2) is 6.46. The first-order valence-corrected chi connectivity index (χ1v) is 10.2. The third-order valence-electron chi connectivity index (χ3n) is 5.58. The molecule has 1 fully saturated rings. The number of benzene rings is 1. The molecule has 4 aromatic rings. The van der Waals surface area contributed by atoms with Crippen molar-refractivity contribution in [1.29, 1.82) is 0 Å². The van der Waals surface area contributed by atoms with Gasteiger partial charge in [0.25, 0.3) is 0 Å². The Morgan fingerprint density at radius 1 is 1.07 bits per heavy atom. The van der Waals surface area contributed by atoms with E-state index in [1.54, 1.807) is 11.3 Å². The van der Waals surface area contributed by atoms with E-state index in [4.69, 9.17) is 5.10 Å². The van der Waals surface area contributed by atoms with E-state index in [1.165, 1.54) is 23.1 Å². The lowest BCUT2D eigenvalue weighted by Crippen LogP contribution is -2.25. The van der Waals surface area contributed by atoms with E-state index in [0.29, 0.717) is 6.04 Å². The van der Waals surface area contributed by atoms with E-state index >= 15 is 0 Å². The average Bonchev–Trinajstić information content (AvgIpc) is 3.43. The van der Waals surface area contributed by atoms with Crippen LogP contribution in [0.15, 0.2) is 47.2 Å². The summed E-state index contributed by atoms with van der Waals surface area (Å²) in [7, 11) is 0. The Hall–Kier alpha value is -2.73. The highest BCUT2D eigenvalue weighted by Crippen LogP contribution is 2.37. The molecule has 0 spiro atoms. The van der Waals surface area contributed by atoms with Crippen LogP contribution < -0.4 is 4.90 Å². The fourth-order valence-corrected chi connectivity index (χ4v) is 4.64. The average molecular weight is 376 g/mol. The number of aryl methyl sites for hydroxylation is 1. The molecule has 6 heteroatoms. The van der Waals surface area contributed by atoms with Gasteiger partial charge in [0.1, 0.15) is 5.82 Å². The van der Waals surface area contributed by atoms with Gasteiger partial charge in [-0.1, -0.05) is 18.2 Å². The highest BCUT2D eigenvalue weighted by atomic mass is 32.1. The van der Waals surface area contributed by atoms with Gasteiger partial charge in [-0.05, 0) is 67.0 Å². The summed E-state index contributed by atoms with van der Waals surface area (Å²) in [4.78, 5) is 2.43. The number of fused-ring (bicyclic) bond motifs is 1. The van der Waals surface area contributed by atoms with E-state index in [0.717, 1.165) is 35.8 Å². The molecule has 0 amide bonds. The lowest BCUT2D eigenvalue weighted by Gasteiger charge is -2.27. The largest absolute Gasteiger partial charge is 0.348 e. The zero-order valence-corrected chi connectivity index (χ0v) is 16.3. The van der Waals surface area contributed by atoms with Crippen LogP contribution in [0.25, 0.3) is 17.0 Å². The summed E-state index contributed by atoms with van der Waals surface area (Å²) >= 11 is 1.66. The summed E-state index contributed by atoms with van der Waals surface area (Å²) < 4.78 is 1.87. The molecule has 0 saturated carbocycles. The van der Waals surface area contributed by atoms with E-state index in [2.05, 4.69) is 70.0 Å². The second-order valence-corrected chi connectivity index (χ2v) is 7.92. The number of aromatic nitrogens is 4. The normalized spacial score (nSPS) is 17.1. The zero-order valence-electron chi connectivity index (χ0n) is 15.5. The highest BCUT2D eigenvalue weighted by Gasteiger charge is 2.29. The standard InChI is InChI=1S/C21H21N5S/c1-14-5-3-6-17(15(14)2)18-7-4-11-25(18)20-9-8-19-22-23-21(26(19)24-20)16-10-12-27-13-16/h3,5-6,8-10,12-13,18H,4,7,11H2,1-2H3. The van der Waals surface area contributed by atoms with Crippen LogP contribution in [0.2, 0.25) is 0 Å². The molecule has 0 radical (unpaired) electrons. The van der Waals surface area contributed by atoms with Crippen LogP contribution in [0, 0.1) is 13.8 Å². The molecular weight excluding hydrogens is 354 g/mol. The summed E-state index contributed by atoms with van der Waals surface area (Å²) in [5.41, 5.74) is 5.99. The lowest BCUT2D eigenvalue weighted by molar-refractivity contribution is 0.697. The maximum atomic E-state index is 4.92. The maximum Gasteiger partial charge on any atom is 0.186 e. The minimum atomic E-state index is 0.371. The molecule has 5 nitrogen and oxygen atoms in total. The number of hydrogen-bond donors (Lipinski definition) is 0. The van der Waals surface area contributed by atoms with Crippen molar-refractivity contribution in [2.24, 2.45) is 0 Å². The summed E-state index contributed by atoms with van der Waals surface area (Å²) in [6.45, 7) is 5.44. The Morgan fingerprint density at radius 2 is 2.00 bits per heavy atom. The molecule has 1 atom stereocenters. The van der Waals surface area contributed by atoms with Gasteiger partial charge >= 0.3 is 0 Å². The van der Waals surface area contributed by atoms with Gasteiger partial charge in [0.15, 0.2) is 11.5 Å². The molecule has 4 heterocycles. The lowest BCUT2D eigenvalue weighted by atomic mass is 9.96. The molecule has 0 aliphatic carbocycles. The third-order valence-corrected chi connectivity index (χ3v) is 6.26. The van der Waals surface area contributed by atoms with Crippen molar-refractivity contribution in [1.82, 2.24) is 19.8 Å². The molecule has 1 unspecified atom stereocenters. The maximum absolute atomic E-state index is 4.92. The van der Waals surface area contributed by atoms with Crippen LogP contribution >= 0.6 is 11.3 Å². The Bertz CT molecular complexity index is 1100. The quantitative estimate of drug-likeness (QED) is 0.515. The van der Waals surface area contributed by atoms with Crippen molar-refractivity contribution in [3.05, 3.63) is 63.8 Å². The van der Waals surface area contributed by atoms with Crippen molar-refractivity contribution >= 4 is 22.8 Å². The fourth-order valence-electron chi connectivity index (χ4n) is 4.00. The van der Waals surface area contributed by atoms with Gasteiger partial charge in [0.2, 0.25) is 0 Å². The number of anilines is 1. The van der Waals surface area contributed by atoms with Crippen molar-refractivity contribution in [2.75, 3.05) is 11.4 Å². The molecule has 0 N–H and O–H groups in total. The minimum Gasteiger partial charge on any atom is -0.348 e. The van der Waals surface area contributed by atoms with Gasteiger partial charge < -0.3 is 4.90 Å². The number of rotatable bonds is 3. The van der Waals surface area contributed by atoms with E-state index in [1.807, 2.05) is 10.6 Å². The summed E-state index contributed by atoms with van der Waals surface area (Å²) in [5, 5.41) is 17.7. The van der Waals surface area contributed by atoms with Crippen LogP contribution in [0.4, 0.5) is 5.82 Å². The molecule has 3 aromatic heterocycles. The monoisotopic (exact) mass is 375 g/mol. The summed E-state index contributed by atoms with van der Waals surface area (Å²) in [6, 6.07) is 13.1. The topological polar surface area (TPSA) is 46.3 Å². The molecular formula is C21H21N5S. The van der Waals surface area contributed by atoms with Gasteiger partial charge in [-0.15, -0.1) is 15.3 Å². The van der Waals surface area contributed by atoms with Gasteiger partial charge in [-0.2, -0.15) is 15.9 Å². The predicted molar refractivity (Wildman–Crippen MR) is 109 cm³/mol. The number of thiophene rings is 1. The first-order valence-electron chi connectivity index (χ1n) is 9.30. The molecule has 1 aliphatic rings. The number of hydrogen-bond acceptors (Lipinski definition) is 5. The third kappa shape index (κ3) is 2.72. The van der Waals surface area contributed by atoms with E-state index in [-0.39, 0.29) is 0 Å². The van der Waals surface area contributed by atoms with Gasteiger partial charge in [0, 0.05) is 17.5 Å². The van der Waals surface area contributed by atoms with Gasteiger partial charge in [0.05, 0.1) is 6.04 Å². The first kappa shape index (κ1) is 16.4. The van der Waals surface area contributed by atoms with Crippen molar-refractivity contribution in [2.45, 2.75) is 32.7 Å². The Balaban J connectivity index is 1.58. The molecule has 0 bridgehead atoms. The van der Waals surface area contributed by atoms with Crippen LogP contribution in [0.1, 0.15) is 35.6 Å². The number of nitrogens with zero attached hydrogens (tertiary/aromatic N) is 5. The Kier molecular flexibility index (Phi) is 3.93. The first-order chi connectivity index (χ1) is 13.2. The highest BCUT2D eigenvalue weighted by molar-refractivity contribution is 7.08. The van der Waals surface area contributed by atoms with Gasteiger partial charge in [-0.25, -0.2) is 0 Å². The van der Waals surface area contributed by atoms with Crippen molar-refractivity contribution in [3.63, 3.8) is 0 Å². The Labute approximate surface area is 162 Å². The van der Waals surface area contributed by atoms with Gasteiger partial charge in [-0.3, -0.25) is 0 Å². The van der Waals surface area contributed by atoms with Crippen LogP contribution in [0.3, 0.4) is 0 Å². The molecule has 27 heavy (non-hydrogen) atoms. The Morgan fingerprint density at radius 3 is 2.85 bits per heavy atom. The summed E-state index contributed by atoms with van der Waals surface area (Å²) in [6.07, 6.45) is 2.33. The predicted octanol–water partition coefficient (Wildman–Crippen LogP) is 4.81. The SMILES string of the molecule is Cc1cccc(C2CCCN2c2ccc3nnc(-c4ccsc4)n3n2)c1C. The van der Waals surface area contributed by atoms with Crippen LogP contribution in [-0.4, -0.2) is 26.4 Å². The minimum absolute atomic E-state index is 0.371. The zero-order chi connectivity index (χ0) is 18.4. The van der Waals surface area contributed by atoms with E-state index < -0.39 is 0 Å². The van der Waals surface area contributed by atoms with E-state index in [9.17, 15) is 0 Å². The summed E-state index contributed by atoms with van der Waals surface area (Å²) in [5.74, 6) is 1.79. The van der Waals surface area contributed by atoms with Crippen molar-refractivity contribution < 1.29 is 0 Å². The second-order valence-electron chi connectivity index (χ2n) is 7.14. The molecule has 1 aromatic carbocycles. The molecule has 1 saturated heterocycles. The molecule has 1 aliphatic heterocycles. The smallest absolute Gasteiger partial charge is 0.186 e. The molecule has 5 rings (SSSR count). The molecule has 136 valence electrons. The van der Waals surface area contributed by atoms with Crippen molar-refractivity contribution in [3.8, 4) is 11.4 Å². The van der Waals surface area contributed by atoms with Crippen LogP contribution in [-0.2, 0) is 0 Å². The van der Waals surface area contributed by atoms with Crippen LogP contribution in [0.5, 0.6) is 0 Å². The fraction of sp³-hybridized carbons (Fsp3) is 0.286.